The Balaban J connectivity index is 2.02. The van der Waals surface area contributed by atoms with Gasteiger partial charge in [0.15, 0.2) is 11.5 Å². The van der Waals surface area contributed by atoms with Crippen LogP contribution in [0, 0.1) is 11.8 Å². The van der Waals surface area contributed by atoms with E-state index in [1.807, 2.05) is 4.57 Å². The summed E-state index contributed by atoms with van der Waals surface area (Å²) in [6, 6.07) is 0.0533. The van der Waals surface area contributed by atoms with E-state index >= 15 is 0 Å². The number of fused-ring (bicyclic) bond motifs is 1. The van der Waals surface area contributed by atoms with E-state index in [4.69, 9.17) is 17.3 Å². The number of halogens is 1. The maximum atomic E-state index is 9.41. The SMILES string of the molecule is Nc1nc(Cl)nc2c1ncn2[C@@H]1C[C@@H](CO)[C@H]1CO. The molecule has 19 heavy (non-hydrogen) atoms. The van der Waals surface area contributed by atoms with E-state index in [1.165, 1.54) is 0 Å². The Morgan fingerprint density at radius 2 is 2.16 bits per heavy atom. The van der Waals surface area contributed by atoms with Gasteiger partial charge in [0.1, 0.15) is 5.52 Å². The predicted octanol–water partition coefficient (Wildman–Crippen LogP) is 0.224. The van der Waals surface area contributed by atoms with Crippen molar-refractivity contribution in [1.29, 1.82) is 0 Å². The molecular formula is C11H14ClN5O2. The maximum absolute atomic E-state index is 9.41. The van der Waals surface area contributed by atoms with Crippen LogP contribution in [-0.4, -0.2) is 42.9 Å². The summed E-state index contributed by atoms with van der Waals surface area (Å²) < 4.78 is 1.85. The third-order valence-electron chi connectivity index (χ3n) is 3.87. The molecule has 0 saturated heterocycles. The van der Waals surface area contributed by atoms with Crippen molar-refractivity contribution in [3.63, 3.8) is 0 Å². The molecule has 1 aliphatic rings. The smallest absolute Gasteiger partial charge is 0.226 e. The maximum Gasteiger partial charge on any atom is 0.226 e. The van der Waals surface area contributed by atoms with Gasteiger partial charge in [0.05, 0.1) is 6.33 Å². The van der Waals surface area contributed by atoms with Gasteiger partial charge in [-0.25, -0.2) is 4.98 Å². The number of aromatic nitrogens is 4. The number of hydrogen-bond acceptors (Lipinski definition) is 6. The lowest BCUT2D eigenvalue weighted by atomic mass is 9.70. The fourth-order valence-electron chi connectivity index (χ4n) is 2.73. The van der Waals surface area contributed by atoms with Crippen molar-refractivity contribution in [2.75, 3.05) is 18.9 Å². The first-order chi connectivity index (χ1) is 9.15. The Labute approximate surface area is 114 Å². The fourth-order valence-corrected chi connectivity index (χ4v) is 2.90. The lowest BCUT2D eigenvalue weighted by Gasteiger charge is -2.43. The van der Waals surface area contributed by atoms with E-state index in [0.29, 0.717) is 11.2 Å². The van der Waals surface area contributed by atoms with E-state index in [1.54, 1.807) is 6.33 Å². The molecule has 3 rings (SSSR count). The molecular weight excluding hydrogens is 270 g/mol. The largest absolute Gasteiger partial charge is 0.396 e. The molecule has 1 fully saturated rings. The van der Waals surface area contributed by atoms with Crippen molar-refractivity contribution in [1.82, 2.24) is 19.5 Å². The average molecular weight is 284 g/mol. The number of hydrogen-bond donors (Lipinski definition) is 3. The molecule has 0 unspecified atom stereocenters. The second-order valence-electron chi connectivity index (χ2n) is 4.79. The van der Waals surface area contributed by atoms with Crippen LogP contribution in [0.4, 0.5) is 5.82 Å². The van der Waals surface area contributed by atoms with Gasteiger partial charge >= 0.3 is 0 Å². The van der Waals surface area contributed by atoms with Crippen molar-refractivity contribution in [3.8, 4) is 0 Å². The molecule has 0 bridgehead atoms. The monoisotopic (exact) mass is 283 g/mol. The van der Waals surface area contributed by atoms with Crippen LogP contribution in [-0.2, 0) is 0 Å². The molecule has 2 heterocycles. The van der Waals surface area contributed by atoms with E-state index in [-0.39, 0.29) is 42.2 Å². The Bertz CT molecular complexity index is 616. The molecule has 2 aromatic heterocycles. The van der Waals surface area contributed by atoms with Crippen LogP contribution in [0.5, 0.6) is 0 Å². The minimum absolute atomic E-state index is 0.00244. The second kappa shape index (κ2) is 4.59. The zero-order valence-corrected chi connectivity index (χ0v) is 10.8. The number of aliphatic hydroxyl groups is 2. The van der Waals surface area contributed by atoms with Gasteiger partial charge in [-0.15, -0.1) is 0 Å². The Morgan fingerprint density at radius 1 is 1.37 bits per heavy atom. The molecule has 0 radical (unpaired) electrons. The van der Waals surface area contributed by atoms with Crippen LogP contribution < -0.4 is 5.73 Å². The van der Waals surface area contributed by atoms with Gasteiger partial charge in [-0.3, -0.25) is 0 Å². The number of rotatable bonds is 3. The van der Waals surface area contributed by atoms with Gasteiger partial charge in [-0.05, 0) is 23.9 Å². The topological polar surface area (TPSA) is 110 Å². The van der Waals surface area contributed by atoms with Crippen LogP contribution in [0.15, 0.2) is 6.33 Å². The summed E-state index contributed by atoms with van der Waals surface area (Å²) in [5.41, 5.74) is 6.82. The van der Waals surface area contributed by atoms with Crippen molar-refractivity contribution in [2.45, 2.75) is 12.5 Å². The molecule has 102 valence electrons. The highest BCUT2D eigenvalue weighted by molar-refractivity contribution is 6.28. The quantitative estimate of drug-likeness (QED) is 0.695. The number of anilines is 1. The molecule has 3 atom stereocenters. The molecule has 0 aromatic carbocycles. The van der Waals surface area contributed by atoms with Crippen LogP contribution >= 0.6 is 11.6 Å². The fraction of sp³-hybridized carbons (Fsp3) is 0.545. The highest BCUT2D eigenvalue weighted by Gasteiger charge is 2.41. The van der Waals surface area contributed by atoms with Crippen molar-refractivity contribution < 1.29 is 10.2 Å². The van der Waals surface area contributed by atoms with Gasteiger partial charge in [0.25, 0.3) is 0 Å². The summed E-state index contributed by atoms with van der Waals surface area (Å²) in [6.07, 6.45) is 2.40. The van der Waals surface area contributed by atoms with Crippen molar-refractivity contribution >= 4 is 28.6 Å². The normalized spacial score (nSPS) is 26.6. The minimum Gasteiger partial charge on any atom is -0.396 e. The summed E-state index contributed by atoms with van der Waals surface area (Å²) in [5.74, 6) is 0.354. The number of aliphatic hydroxyl groups excluding tert-OH is 2. The summed E-state index contributed by atoms with van der Waals surface area (Å²) in [4.78, 5) is 12.2. The molecule has 1 saturated carbocycles. The summed E-state index contributed by atoms with van der Waals surface area (Å²) in [6.45, 7) is 0.0934. The van der Waals surface area contributed by atoms with E-state index in [0.717, 1.165) is 6.42 Å². The number of imidazole rings is 1. The van der Waals surface area contributed by atoms with Crippen LogP contribution in [0.25, 0.3) is 11.2 Å². The molecule has 0 spiro atoms. The van der Waals surface area contributed by atoms with Crippen LogP contribution in [0.1, 0.15) is 12.5 Å². The minimum atomic E-state index is -0.00244. The van der Waals surface area contributed by atoms with E-state index in [2.05, 4.69) is 15.0 Å². The van der Waals surface area contributed by atoms with Crippen LogP contribution in [0.3, 0.4) is 0 Å². The highest BCUT2D eigenvalue weighted by atomic mass is 35.5. The molecule has 2 aromatic rings. The first-order valence-corrected chi connectivity index (χ1v) is 6.40. The van der Waals surface area contributed by atoms with Crippen molar-refractivity contribution in [2.24, 2.45) is 11.8 Å². The summed E-state index contributed by atoms with van der Waals surface area (Å²) >= 11 is 5.81. The lowest BCUT2D eigenvalue weighted by molar-refractivity contribution is -0.00528. The van der Waals surface area contributed by atoms with E-state index in [9.17, 15) is 10.2 Å². The Hall–Kier alpha value is -1.44. The van der Waals surface area contributed by atoms with E-state index < -0.39 is 0 Å². The standard InChI is InChI=1S/C11H14ClN5O2/c12-11-15-9(13)8-10(16-11)17(4-14-8)7-1-5(2-18)6(7)3-19/h4-7,18-19H,1-3H2,(H2,13,15,16)/t5-,6+,7+/m0/s1. The Kier molecular flexibility index (Phi) is 3.04. The van der Waals surface area contributed by atoms with Crippen LogP contribution in [0.2, 0.25) is 5.28 Å². The molecule has 4 N–H and O–H groups in total. The molecule has 0 aliphatic heterocycles. The second-order valence-corrected chi connectivity index (χ2v) is 5.13. The highest BCUT2D eigenvalue weighted by Crippen LogP contribution is 2.44. The Morgan fingerprint density at radius 3 is 2.84 bits per heavy atom. The summed E-state index contributed by atoms with van der Waals surface area (Å²) in [5, 5.41) is 18.7. The zero-order valence-electron chi connectivity index (χ0n) is 10.1. The molecule has 7 nitrogen and oxygen atoms in total. The number of nitrogens with two attached hydrogens (primary N) is 1. The van der Waals surface area contributed by atoms with Gasteiger partial charge in [0.2, 0.25) is 5.28 Å². The third-order valence-corrected chi connectivity index (χ3v) is 4.04. The van der Waals surface area contributed by atoms with Gasteiger partial charge in [-0.2, -0.15) is 9.97 Å². The summed E-state index contributed by atoms with van der Waals surface area (Å²) in [7, 11) is 0. The first-order valence-electron chi connectivity index (χ1n) is 6.03. The third kappa shape index (κ3) is 1.85. The van der Waals surface area contributed by atoms with Crippen molar-refractivity contribution in [3.05, 3.63) is 11.6 Å². The number of nitrogen functional groups attached to an aromatic ring is 1. The predicted molar refractivity (Wildman–Crippen MR) is 69.6 cm³/mol. The van der Waals surface area contributed by atoms with Gasteiger partial charge < -0.3 is 20.5 Å². The first kappa shape index (κ1) is 12.6. The molecule has 8 heteroatoms. The number of nitrogens with zero attached hydrogens (tertiary/aromatic N) is 4. The average Bonchev–Trinajstić information content (AvgIpc) is 2.73. The molecule has 0 amide bonds. The lowest BCUT2D eigenvalue weighted by Crippen LogP contribution is -2.42. The molecule has 1 aliphatic carbocycles. The van der Waals surface area contributed by atoms with Gasteiger partial charge in [0, 0.05) is 25.2 Å². The van der Waals surface area contributed by atoms with Gasteiger partial charge in [-0.1, -0.05) is 0 Å². The zero-order chi connectivity index (χ0) is 13.6.